The monoisotopic (exact) mass is 228 g/mol. The van der Waals surface area contributed by atoms with E-state index >= 15 is 0 Å². The summed E-state index contributed by atoms with van der Waals surface area (Å²) in [5.74, 6) is 0. The number of halogens is 2. The molecule has 0 heterocycles. The Hall–Kier alpha value is 0.670. The first kappa shape index (κ1) is 12.7. The van der Waals surface area contributed by atoms with Crippen LogP contribution in [-0.2, 0) is 0 Å². The van der Waals surface area contributed by atoms with E-state index in [2.05, 4.69) is 13.0 Å². The number of unbranched alkanes of at least 4 members (excludes halogenated alkanes) is 4. The summed E-state index contributed by atoms with van der Waals surface area (Å²) >= 11 is 0. The maximum absolute atomic E-state index is 5.84. The van der Waals surface area contributed by atoms with E-state index in [-0.39, 0.29) is 0 Å². The lowest BCUT2D eigenvalue weighted by atomic mass is 10.2. The Labute approximate surface area is 86.6 Å². The fraction of sp³-hybridized carbons (Fsp3) is 0.778. The smallest absolute Gasteiger partial charge is 0.00492 e. The predicted molar refractivity (Wildman–Crippen MR) is 63.1 cm³/mol. The third kappa shape index (κ3) is 10.7. The van der Waals surface area contributed by atoms with Gasteiger partial charge < -0.3 is 0 Å². The predicted octanol–water partition coefficient (Wildman–Crippen LogP) is 5.21. The number of hydrogen-bond donors (Lipinski definition) is 0. The maximum atomic E-state index is 5.84. The molecule has 0 radical (unpaired) electrons. The average Bonchev–Trinajstić information content (AvgIpc) is 1.94. The van der Waals surface area contributed by atoms with E-state index in [0.717, 1.165) is 6.42 Å². The molecule has 12 heavy (non-hydrogen) atoms. The summed E-state index contributed by atoms with van der Waals surface area (Å²) < 4.78 is 0. The van der Waals surface area contributed by atoms with E-state index in [9.17, 15) is 0 Å². The molecule has 0 saturated heterocycles. The number of hydrogen-bond acceptors (Lipinski definition) is 0. The Kier molecular flexibility index (Phi) is 7.51. The molecule has 0 saturated carbocycles. The summed E-state index contributed by atoms with van der Waals surface area (Å²) in [6.07, 6.45) is 10.3. The zero-order valence-corrected chi connectivity index (χ0v) is 10.2. The topological polar surface area (TPSA) is 0 Å². The van der Waals surface area contributed by atoms with Crippen LogP contribution in [0.15, 0.2) is 11.5 Å². The van der Waals surface area contributed by atoms with Crippen molar-refractivity contribution in [2.75, 3.05) is 6.26 Å². The fourth-order valence-corrected chi connectivity index (χ4v) is 1.84. The first-order valence-corrected chi connectivity index (χ1v) is 8.16. The molecule has 74 valence electrons. The number of allylic oxidation sites excluding steroid dienone is 1. The molecule has 0 nitrogen and oxygen atoms in total. The molecule has 0 rings (SSSR count). The number of rotatable bonds is 6. The van der Waals surface area contributed by atoms with Gasteiger partial charge in [0.1, 0.15) is 0 Å². The first-order valence-electron chi connectivity index (χ1n) is 4.40. The first-order chi connectivity index (χ1) is 5.56. The highest BCUT2D eigenvalue weighted by Gasteiger charge is 2.01. The molecule has 0 amide bonds. The second-order valence-electron chi connectivity index (χ2n) is 3.00. The molecule has 0 N–H and O–H groups in total. The van der Waals surface area contributed by atoms with Gasteiger partial charge in [0, 0.05) is 0 Å². The molecule has 0 unspecified atom stereocenters. The highest BCUT2D eigenvalue weighted by Crippen LogP contribution is 2.56. The fourth-order valence-electron chi connectivity index (χ4n) is 0.926. The van der Waals surface area contributed by atoms with Crippen LogP contribution in [0.5, 0.6) is 0 Å². The molecule has 0 aromatic heterocycles. The van der Waals surface area contributed by atoms with Gasteiger partial charge in [0.25, 0.3) is 0 Å². The quantitative estimate of drug-likeness (QED) is 0.548. The van der Waals surface area contributed by atoms with Crippen molar-refractivity contribution in [3.8, 4) is 0 Å². The van der Waals surface area contributed by atoms with E-state index in [1.807, 2.05) is 11.7 Å². The maximum Gasteiger partial charge on any atom is -0.00492 e. The van der Waals surface area contributed by atoms with Gasteiger partial charge in [-0.1, -0.05) is 40.7 Å². The normalized spacial score (nSPS) is 14.0. The van der Waals surface area contributed by atoms with Crippen molar-refractivity contribution in [3.05, 3.63) is 11.5 Å². The minimum absolute atomic E-state index is 1.11. The molecule has 0 atom stereocenters. The van der Waals surface area contributed by atoms with E-state index in [1.165, 1.54) is 25.7 Å². The zero-order valence-electron chi connectivity index (χ0n) is 7.85. The van der Waals surface area contributed by atoms with Crippen molar-refractivity contribution in [1.82, 2.24) is 0 Å². The molecule has 0 aliphatic heterocycles. The average molecular weight is 229 g/mol. The molecule has 0 aromatic carbocycles. The van der Waals surface area contributed by atoms with Crippen LogP contribution in [0.3, 0.4) is 0 Å². The Balaban J connectivity index is 3.25. The lowest BCUT2D eigenvalue weighted by molar-refractivity contribution is 0.675. The molecule has 0 aliphatic carbocycles. The Morgan fingerprint density at radius 3 is 2.33 bits per heavy atom. The molecule has 0 fully saturated rings. The summed E-state index contributed by atoms with van der Waals surface area (Å²) in [6, 6.07) is 0. The van der Waals surface area contributed by atoms with Crippen LogP contribution in [0.25, 0.3) is 0 Å². The summed E-state index contributed by atoms with van der Waals surface area (Å²) in [7, 11) is 10.2. The van der Waals surface area contributed by atoms with Gasteiger partial charge in [-0.25, -0.2) is 0 Å². The highest BCUT2D eigenvalue weighted by molar-refractivity contribution is 8.67. The molecule has 0 spiro atoms. The molecule has 3 heteroatoms. The minimum Gasteiger partial charge on any atom is -0.0775 e. The summed E-state index contributed by atoms with van der Waals surface area (Å²) in [5, 5.41) is 1.93. The summed E-state index contributed by atoms with van der Waals surface area (Å²) in [6.45, 7) is 2.22. The lowest BCUT2D eigenvalue weighted by Crippen LogP contribution is -1.74. The third-order valence-corrected chi connectivity index (χ3v) is 2.85. The third-order valence-electron chi connectivity index (χ3n) is 1.56. The molecular weight excluding hydrogens is 211 g/mol. The second-order valence-corrected chi connectivity index (χ2v) is 9.16. The molecule has 0 bridgehead atoms. The summed E-state index contributed by atoms with van der Waals surface area (Å²) in [5.41, 5.74) is 0. The molecule has 0 aromatic rings. The van der Waals surface area contributed by atoms with Crippen molar-refractivity contribution < 1.29 is 0 Å². The van der Waals surface area contributed by atoms with Crippen molar-refractivity contribution >= 4 is 29.8 Å². The van der Waals surface area contributed by atoms with Crippen LogP contribution in [0.4, 0.5) is 0 Å². The van der Waals surface area contributed by atoms with Crippen molar-refractivity contribution in [3.63, 3.8) is 0 Å². The van der Waals surface area contributed by atoms with Crippen molar-refractivity contribution in [2.45, 2.75) is 39.0 Å². The van der Waals surface area contributed by atoms with Gasteiger partial charge in [-0.05, 0) is 45.9 Å². The van der Waals surface area contributed by atoms with Crippen LogP contribution in [0, 0.1) is 0 Å². The molecular formula is C9H18Cl2S. The van der Waals surface area contributed by atoms with Crippen LogP contribution < -0.4 is 0 Å². The van der Waals surface area contributed by atoms with Gasteiger partial charge in [-0.15, -0.1) is 0 Å². The van der Waals surface area contributed by atoms with E-state index < -0.39 is 8.46 Å². The highest BCUT2D eigenvalue weighted by atomic mass is 36.0. The van der Waals surface area contributed by atoms with Gasteiger partial charge in [0.2, 0.25) is 0 Å². The van der Waals surface area contributed by atoms with Gasteiger partial charge >= 0.3 is 0 Å². The summed E-state index contributed by atoms with van der Waals surface area (Å²) in [4.78, 5) is 0. The lowest BCUT2D eigenvalue weighted by Gasteiger charge is -2.10. The van der Waals surface area contributed by atoms with E-state index in [0.29, 0.717) is 0 Å². The van der Waals surface area contributed by atoms with Crippen LogP contribution >= 0.6 is 29.8 Å². The van der Waals surface area contributed by atoms with Crippen LogP contribution in [-0.4, -0.2) is 6.26 Å². The molecule has 0 aliphatic rings. The van der Waals surface area contributed by atoms with Crippen LogP contribution in [0.2, 0.25) is 0 Å². The van der Waals surface area contributed by atoms with Gasteiger partial charge in [0.05, 0.1) is 0 Å². The van der Waals surface area contributed by atoms with E-state index in [4.69, 9.17) is 21.4 Å². The Bertz CT molecular complexity index is 127. The largest absolute Gasteiger partial charge is 0.0775 e. The zero-order chi connectivity index (χ0) is 9.45. The van der Waals surface area contributed by atoms with Crippen molar-refractivity contribution in [1.29, 1.82) is 0 Å². The Morgan fingerprint density at radius 2 is 1.83 bits per heavy atom. The Morgan fingerprint density at radius 1 is 1.17 bits per heavy atom. The SMILES string of the molecule is CCCCCC/C=C/S(C)(Cl)Cl. The standard InChI is InChI=1S/C9H18Cl2S/c1-3-4-5-6-7-8-9-12(2,10)11/h8-9H,3-7H2,1-2H3/b9-8+. The van der Waals surface area contributed by atoms with Crippen LogP contribution in [0.1, 0.15) is 39.0 Å². The van der Waals surface area contributed by atoms with Crippen molar-refractivity contribution in [2.24, 2.45) is 0 Å². The van der Waals surface area contributed by atoms with E-state index in [1.54, 1.807) is 0 Å². The van der Waals surface area contributed by atoms with Gasteiger partial charge in [-0.3, -0.25) is 0 Å². The second kappa shape index (κ2) is 7.11. The minimum atomic E-state index is -1.45. The van der Waals surface area contributed by atoms with Gasteiger partial charge in [0.15, 0.2) is 0 Å². The van der Waals surface area contributed by atoms with Gasteiger partial charge in [-0.2, -0.15) is 0 Å².